The van der Waals surface area contributed by atoms with Gasteiger partial charge in [-0.3, -0.25) is 14.5 Å². The van der Waals surface area contributed by atoms with E-state index in [-0.39, 0.29) is 12.5 Å². The first-order valence-corrected chi connectivity index (χ1v) is 11.8. The van der Waals surface area contributed by atoms with Crippen LogP contribution in [0.2, 0.25) is 0 Å². The molecule has 10 nitrogen and oxygen atoms in total. The van der Waals surface area contributed by atoms with Crippen molar-refractivity contribution >= 4 is 29.6 Å². The van der Waals surface area contributed by atoms with Crippen molar-refractivity contribution in [3.63, 3.8) is 0 Å². The molecule has 0 bridgehead atoms. The minimum atomic E-state index is -5.08. The Labute approximate surface area is 223 Å². The maximum atomic E-state index is 11.7. The molecular weight excluding hydrogens is 558 g/mol. The van der Waals surface area contributed by atoms with Crippen LogP contribution >= 0.6 is 0 Å². The molecule has 2 atom stereocenters. The Morgan fingerprint density at radius 2 is 1.10 bits per heavy atom. The van der Waals surface area contributed by atoms with Crippen molar-refractivity contribution in [2.24, 2.45) is 10.8 Å². The average molecular weight is 586 g/mol. The van der Waals surface area contributed by atoms with Crippen molar-refractivity contribution in [2.75, 3.05) is 31.1 Å². The highest BCUT2D eigenvalue weighted by atomic mass is 19.4. The van der Waals surface area contributed by atoms with Crippen molar-refractivity contribution in [3.8, 4) is 0 Å². The Kier molecular flexibility index (Phi) is 9.39. The van der Waals surface area contributed by atoms with Gasteiger partial charge >= 0.3 is 36.2 Å². The molecule has 0 spiro atoms. The summed E-state index contributed by atoms with van der Waals surface area (Å²) in [6.07, 6.45) is -8.00. The molecule has 1 saturated carbocycles. The molecule has 16 heteroatoms. The van der Waals surface area contributed by atoms with E-state index in [1.54, 1.807) is 0 Å². The zero-order valence-electron chi connectivity index (χ0n) is 21.3. The van der Waals surface area contributed by atoms with Crippen molar-refractivity contribution < 1.29 is 65.9 Å². The summed E-state index contributed by atoms with van der Waals surface area (Å²) >= 11 is 0. The first-order chi connectivity index (χ1) is 18.2. The van der Waals surface area contributed by atoms with Gasteiger partial charge in [0.25, 0.3) is 0 Å². The quantitative estimate of drug-likeness (QED) is 0.386. The fourth-order valence-corrected chi connectivity index (χ4v) is 5.21. The van der Waals surface area contributed by atoms with Crippen LogP contribution < -0.4 is 4.90 Å². The molecule has 0 aromatic heterocycles. The van der Waals surface area contributed by atoms with Gasteiger partial charge in [0, 0.05) is 37.9 Å². The number of hydrogen-bond donors (Lipinski definition) is 4. The molecular formula is C24H28F6N2O8. The van der Waals surface area contributed by atoms with Gasteiger partial charge in [-0.2, -0.15) is 26.3 Å². The summed E-state index contributed by atoms with van der Waals surface area (Å²) < 4.78 is 63.5. The van der Waals surface area contributed by atoms with E-state index in [0.29, 0.717) is 13.1 Å². The Morgan fingerprint density at radius 3 is 1.40 bits per heavy atom. The Hall–Kier alpha value is -3.56. The summed E-state index contributed by atoms with van der Waals surface area (Å²) in [5.74, 6) is -7.41. The van der Waals surface area contributed by atoms with Gasteiger partial charge in [0.15, 0.2) is 0 Å². The molecule has 1 aromatic carbocycles. The highest BCUT2D eigenvalue weighted by Crippen LogP contribution is 2.69. The van der Waals surface area contributed by atoms with Crippen LogP contribution in [0.4, 0.5) is 32.0 Å². The number of carboxylic acids is 4. The first kappa shape index (κ1) is 32.7. The largest absolute Gasteiger partial charge is 0.490 e. The molecule has 0 amide bonds. The van der Waals surface area contributed by atoms with Gasteiger partial charge < -0.3 is 25.3 Å². The average Bonchev–Trinajstić information content (AvgIpc) is 3.35. The van der Waals surface area contributed by atoms with Crippen LogP contribution in [0.1, 0.15) is 30.4 Å². The van der Waals surface area contributed by atoms with Crippen LogP contribution in [0.15, 0.2) is 18.2 Å². The Bertz CT molecular complexity index is 1080. The minimum absolute atomic E-state index is 0.275. The molecule has 0 radical (unpaired) electrons. The van der Waals surface area contributed by atoms with Gasteiger partial charge in [-0.25, -0.2) is 9.59 Å². The fourth-order valence-electron chi connectivity index (χ4n) is 5.21. The Morgan fingerprint density at radius 1 is 0.750 bits per heavy atom. The predicted molar refractivity (Wildman–Crippen MR) is 125 cm³/mol. The standard InChI is InChI=1S/C20H26N2O4.2C2HF3O2/c1-13-7-14(2)9-16(8-13)21-5-3-15(4-6-21)22-11-19(17(23)24)10-20(19,12-22)18(25)26;2*3-2(4,5)1(6)7/h7-9,15H,3-6,10-12H2,1-2H3,(H,23,24)(H,25,26);2*(H,6,7)/t19-,20+;;. The van der Waals surface area contributed by atoms with Gasteiger partial charge in [-0.1, -0.05) is 6.07 Å². The number of carboxylic acid groups (broad SMARTS) is 4. The number of fused-ring (bicyclic) bond motifs is 1. The fraction of sp³-hybridized carbons (Fsp3) is 0.583. The number of benzene rings is 1. The number of aliphatic carboxylic acids is 4. The van der Waals surface area contributed by atoms with E-state index in [9.17, 15) is 46.1 Å². The highest BCUT2D eigenvalue weighted by Gasteiger charge is 2.81. The molecule has 1 aliphatic carbocycles. The van der Waals surface area contributed by atoms with E-state index in [1.807, 2.05) is 0 Å². The van der Waals surface area contributed by atoms with E-state index in [4.69, 9.17) is 19.8 Å². The summed E-state index contributed by atoms with van der Waals surface area (Å²) in [6, 6.07) is 6.86. The molecule has 3 fully saturated rings. The molecule has 4 rings (SSSR count). The SMILES string of the molecule is Cc1cc(C)cc(N2CCC(N3C[C@@]4(C(=O)O)C[C@@]4(C(=O)O)C3)CC2)c1.O=C(O)C(F)(F)F.O=C(O)C(F)(F)F. The first-order valence-electron chi connectivity index (χ1n) is 11.8. The third kappa shape index (κ3) is 7.14. The number of alkyl halides is 6. The number of halogens is 6. The van der Waals surface area contributed by atoms with Crippen LogP contribution in [0.3, 0.4) is 0 Å². The third-order valence-corrected chi connectivity index (χ3v) is 7.20. The van der Waals surface area contributed by atoms with Crippen molar-refractivity contribution in [3.05, 3.63) is 29.3 Å². The second-order valence-electron chi connectivity index (χ2n) is 10.0. The van der Waals surface area contributed by atoms with Crippen LogP contribution in [0.5, 0.6) is 0 Å². The lowest BCUT2D eigenvalue weighted by Gasteiger charge is -2.39. The maximum Gasteiger partial charge on any atom is 0.490 e. The third-order valence-electron chi connectivity index (χ3n) is 7.20. The van der Waals surface area contributed by atoms with E-state index in [1.165, 1.54) is 16.8 Å². The number of nitrogens with zero attached hydrogens (tertiary/aromatic N) is 2. The molecule has 4 N–H and O–H groups in total. The van der Waals surface area contributed by atoms with E-state index in [0.717, 1.165) is 25.9 Å². The number of carbonyl (C=O) groups is 4. The lowest BCUT2D eigenvalue weighted by atomic mass is 9.97. The molecule has 1 aromatic rings. The number of aryl methyl sites for hydroxylation is 2. The van der Waals surface area contributed by atoms with Gasteiger partial charge in [-0.15, -0.1) is 0 Å². The molecule has 3 aliphatic rings. The molecule has 2 saturated heterocycles. The summed E-state index contributed by atoms with van der Waals surface area (Å²) in [4.78, 5) is 45.7. The molecule has 0 unspecified atom stereocenters. The van der Waals surface area contributed by atoms with Crippen molar-refractivity contribution in [1.82, 2.24) is 4.90 Å². The highest BCUT2D eigenvalue weighted by molar-refractivity contribution is 5.94. The van der Waals surface area contributed by atoms with Crippen molar-refractivity contribution in [1.29, 1.82) is 0 Å². The van der Waals surface area contributed by atoms with Crippen LogP contribution in [-0.2, 0) is 19.2 Å². The summed E-state index contributed by atoms with van der Waals surface area (Å²) in [5.41, 5.74) is 1.63. The van der Waals surface area contributed by atoms with Crippen LogP contribution in [0.25, 0.3) is 0 Å². The topological polar surface area (TPSA) is 156 Å². The second kappa shape index (κ2) is 11.5. The van der Waals surface area contributed by atoms with Gasteiger partial charge in [0.1, 0.15) is 0 Å². The number of likely N-dealkylation sites (tertiary alicyclic amines) is 1. The van der Waals surface area contributed by atoms with Gasteiger partial charge in [0.2, 0.25) is 0 Å². The summed E-state index contributed by atoms with van der Waals surface area (Å²) in [5, 5.41) is 33.4. The normalized spacial score (nSPS) is 24.6. The van der Waals surface area contributed by atoms with E-state index < -0.39 is 47.1 Å². The van der Waals surface area contributed by atoms with E-state index in [2.05, 4.69) is 41.8 Å². The lowest BCUT2D eigenvalue weighted by Crippen LogP contribution is -2.46. The van der Waals surface area contributed by atoms with E-state index >= 15 is 0 Å². The van der Waals surface area contributed by atoms with Crippen LogP contribution in [0, 0.1) is 24.7 Å². The number of hydrogen-bond acceptors (Lipinski definition) is 6. The smallest absolute Gasteiger partial charge is 0.481 e. The second-order valence-corrected chi connectivity index (χ2v) is 10.0. The summed E-state index contributed by atoms with van der Waals surface area (Å²) in [7, 11) is 0. The molecule has 2 heterocycles. The lowest BCUT2D eigenvalue weighted by molar-refractivity contribution is -0.193. The molecule has 2 aliphatic heterocycles. The van der Waals surface area contributed by atoms with Gasteiger partial charge in [-0.05, 0) is 56.4 Å². The van der Waals surface area contributed by atoms with Crippen molar-refractivity contribution in [2.45, 2.75) is 51.5 Å². The zero-order chi connectivity index (χ0) is 30.8. The summed E-state index contributed by atoms with van der Waals surface area (Å²) in [6.45, 7) is 6.81. The molecule has 224 valence electrons. The number of rotatable bonds is 4. The Balaban J connectivity index is 0.000000333. The van der Waals surface area contributed by atoms with Gasteiger partial charge in [0.05, 0.1) is 10.8 Å². The predicted octanol–water partition coefficient (Wildman–Crippen LogP) is 3.40. The monoisotopic (exact) mass is 586 g/mol. The molecule has 40 heavy (non-hydrogen) atoms. The zero-order valence-corrected chi connectivity index (χ0v) is 21.3. The van der Waals surface area contributed by atoms with Crippen LogP contribution in [-0.4, -0.2) is 93.8 Å². The minimum Gasteiger partial charge on any atom is -0.481 e. The number of piperidine rings is 2. The maximum absolute atomic E-state index is 11.7. The number of anilines is 1.